The summed E-state index contributed by atoms with van der Waals surface area (Å²) in [6.07, 6.45) is 3.35. The number of ether oxygens (including phenoxy) is 1. The third-order valence-electron chi connectivity index (χ3n) is 2.50. The maximum absolute atomic E-state index is 11.2. The molecule has 0 atom stereocenters. The molecule has 0 unspecified atom stereocenters. The van der Waals surface area contributed by atoms with Crippen LogP contribution < -0.4 is 15.5 Å². The summed E-state index contributed by atoms with van der Waals surface area (Å²) < 4.78 is 8.12. The number of primary amides is 1. The predicted octanol–water partition coefficient (Wildman–Crippen LogP) is -0.125. The molecule has 0 saturated heterocycles. The summed E-state index contributed by atoms with van der Waals surface area (Å²) in [7, 11) is 1.78. The fraction of sp³-hybridized carbons (Fsp3) is 0.364. The fourth-order valence-corrected chi connectivity index (χ4v) is 3.19. The zero-order chi connectivity index (χ0) is 13.8. The monoisotopic (exact) mass is 329 g/mol. The minimum absolute atomic E-state index is 0.325. The predicted molar refractivity (Wildman–Crippen MR) is 73.7 cm³/mol. The Bertz CT molecular complexity index is 598. The van der Waals surface area contributed by atoms with Gasteiger partial charge in [-0.25, -0.2) is 0 Å². The second-order valence-electron chi connectivity index (χ2n) is 3.68. The Morgan fingerprint density at radius 3 is 3.00 bits per heavy atom. The van der Waals surface area contributed by atoms with E-state index in [-0.39, 0.29) is 4.81 Å². The van der Waals surface area contributed by atoms with Gasteiger partial charge in [-0.3, -0.25) is 0 Å². The van der Waals surface area contributed by atoms with Crippen molar-refractivity contribution in [3.05, 3.63) is 12.5 Å². The Labute approximate surface area is 116 Å². The summed E-state index contributed by atoms with van der Waals surface area (Å²) in [5.41, 5.74) is 6.05. The first-order valence-corrected chi connectivity index (χ1v) is 7.45. The summed E-state index contributed by atoms with van der Waals surface area (Å²) in [6, 6.07) is 0. The molecule has 2 aromatic rings. The molecule has 0 bridgehead atoms. The van der Waals surface area contributed by atoms with Crippen LogP contribution in [0.15, 0.2) is 12.5 Å². The molecule has 19 heavy (non-hydrogen) atoms. The van der Waals surface area contributed by atoms with E-state index >= 15 is 0 Å². The van der Waals surface area contributed by atoms with Crippen molar-refractivity contribution < 1.29 is 9.53 Å². The van der Waals surface area contributed by atoms with Crippen LogP contribution in [0.3, 0.4) is 0 Å². The molecule has 0 aliphatic rings. The van der Waals surface area contributed by atoms with E-state index in [2.05, 4.69) is 15.3 Å². The van der Waals surface area contributed by atoms with Crippen LogP contribution in [0.4, 0.5) is 10.6 Å². The van der Waals surface area contributed by atoms with E-state index < -0.39 is 15.0 Å². The van der Waals surface area contributed by atoms with Crippen LogP contribution in [-0.4, -0.2) is 48.0 Å². The van der Waals surface area contributed by atoms with Gasteiger partial charge in [-0.15, -0.1) is 0 Å². The van der Waals surface area contributed by atoms with Gasteiger partial charge >= 0.3 is 116 Å². The van der Waals surface area contributed by atoms with Gasteiger partial charge < -0.3 is 0 Å². The van der Waals surface area contributed by atoms with E-state index in [1.165, 1.54) is 6.33 Å². The van der Waals surface area contributed by atoms with Gasteiger partial charge in [-0.1, -0.05) is 0 Å². The number of carbonyl (C=O) groups is 1. The first-order valence-electron chi connectivity index (χ1n) is 5.74. The minimum atomic E-state index is -0.452. The summed E-state index contributed by atoms with van der Waals surface area (Å²) >= 11 is -0.452. The van der Waals surface area contributed by atoms with Crippen LogP contribution in [-0.2, 0) is 11.5 Å². The molecule has 0 fully saturated rings. The van der Waals surface area contributed by atoms with Gasteiger partial charge in [0.05, 0.1) is 0 Å². The van der Waals surface area contributed by atoms with Crippen LogP contribution in [0.2, 0.25) is 0 Å². The van der Waals surface area contributed by atoms with Gasteiger partial charge in [0.25, 0.3) is 0 Å². The third-order valence-corrected chi connectivity index (χ3v) is 4.03. The second-order valence-corrected chi connectivity index (χ2v) is 5.87. The van der Waals surface area contributed by atoms with Crippen molar-refractivity contribution in [2.24, 2.45) is 5.73 Å². The third kappa shape index (κ3) is 2.86. The molecule has 3 N–H and O–H groups in total. The number of nitrogens with one attached hydrogen (secondary N) is 1. The van der Waals surface area contributed by atoms with Crippen molar-refractivity contribution in [2.75, 3.05) is 19.0 Å². The normalized spacial score (nSPS) is 10.8. The van der Waals surface area contributed by atoms with Crippen LogP contribution in [0.5, 0.6) is 0 Å². The number of amides is 1. The molecule has 0 aromatic carbocycles. The Kier molecular flexibility index (Phi) is 4.36. The number of aromatic nitrogens is 3. The first-order chi connectivity index (χ1) is 9.17. The van der Waals surface area contributed by atoms with Crippen LogP contribution in [0.25, 0.3) is 11.0 Å². The quantitative estimate of drug-likeness (QED) is 0.721. The molecule has 2 aromatic heterocycles. The van der Waals surface area contributed by atoms with Crippen LogP contribution in [0, 0.1) is 0 Å². The summed E-state index contributed by atoms with van der Waals surface area (Å²) in [5, 5.41) is 3.84. The standard InChI is InChI=1S/C11H15N5O2Se/c1-3-18-6-16-4-7(19-11(12)17)8-9(13-2)14-5-15-10(8)16/h4-5H,3,6H2,1-2H3,(H2,12,17)(H,13,14,15). The molecule has 7 nitrogen and oxygen atoms in total. The Morgan fingerprint density at radius 1 is 1.58 bits per heavy atom. The Hall–Kier alpha value is -1.63. The zero-order valence-corrected chi connectivity index (χ0v) is 12.4. The number of carbonyl (C=O) groups excluding carboxylic acids is 1. The number of nitrogens with two attached hydrogens (primary N) is 1. The Balaban J connectivity index is 2.55. The van der Waals surface area contributed by atoms with E-state index in [0.717, 1.165) is 15.5 Å². The van der Waals surface area contributed by atoms with E-state index in [1.807, 2.05) is 17.7 Å². The molecule has 0 spiro atoms. The Morgan fingerprint density at radius 2 is 2.37 bits per heavy atom. The van der Waals surface area contributed by atoms with Gasteiger partial charge in [-0.2, -0.15) is 0 Å². The van der Waals surface area contributed by atoms with Crippen molar-refractivity contribution >= 4 is 41.1 Å². The molecule has 8 heteroatoms. The molecular formula is C11H15N5O2Se. The number of anilines is 1. The van der Waals surface area contributed by atoms with Gasteiger partial charge in [-0.05, 0) is 0 Å². The van der Waals surface area contributed by atoms with Crippen molar-refractivity contribution in [1.82, 2.24) is 14.5 Å². The van der Waals surface area contributed by atoms with Crippen molar-refractivity contribution in [2.45, 2.75) is 13.7 Å². The second kappa shape index (κ2) is 6.01. The van der Waals surface area contributed by atoms with Crippen molar-refractivity contribution in [1.29, 1.82) is 0 Å². The summed E-state index contributed by atoms with van der Waals surface area (Å²) in [6.45, 7) is 2.93. The van der Waals surface area contributed by atoms with Gasteiger partial charge in [0.1, 0.15) is 0 Å². The average Bonchev–Trinajstić information content (AvgIpc) is 2.74. The molecule has 0 saturated carbocycles. The van der Waals surface area contributed by atoms with E-state index in [9.17, 15) is 4.79 Å². The van der Waals surface area contributed by atoms with E-state index in [0.29, 0.717) is 19.2 Å². The average molecular weight is 328 g/mol. The van der Waals surface area contributed by atoms with Crippen molar-refractivity contribution in [3.8, 4) is 0 Å². The van der Waals surface area contributed by atoms with Gasteiger partial charge in [0.15, 0.2) is 0 Å². The SMILES string of the molecule is CCOCn1cc([Se]C(N)=O)c2c(NC)ncnc21. The van der Waals surface area contributed by atoms with E-state index in [1.54, 1.807) is 7.05 Å². The molecule has 2 rings (SSSR count). The van der Waals surface area contributed by atoms with Crippen LogP contribution >= 0.6 is 0 Å². The van der Waals surface area contributed by atoms with Gasteiger partial charge in [0, 0.05) is 0 Å². The van der Waals surface area contributed by atoms with Crippen LogP contribution in [0.1, 0.15) is 6.92 Å². The fourth-order valence-electron chi connectivity index (χ4n) is 1.75. The number of fused-ring (bicyclic) bond motifs is 1. The molecule has 0 radical (unpaired) electrons. The molecule has 0 aliphatic heterocycles. The summed E-state index contributed by atoms with van der Waals surface area (Å²) in [5.74, 6) is 0.693. The maximum atomic E-state index is 11.2. The first kappa shape index (κ1) is 13.8. The zero-order valence-electron chi connectivity index (χ0n) is 10.7. The molecule has 1 amide bonds. The van der Waals surface area contributed by atoms with E-state index in [4.69, 9.17) is 10.5 Å². The number of rotatable bonds is 6. The van der Waals surface area contributed by atoms with Crippen molar-refractivity contribution in [3.63, 3.8) is 0 Å². The molecule has 2 heterocycles. The summed E-state index contributed by atoms with van der Waals surface area (Å²) in [4.78, 5) is 19.3. The van der Waals surface area contributed by atoms with Gasteiger partial charge in [0.2, 0.25) is 0 Å². The molecule has 102 valence electrons. The molecular weight excluding hydrogens is 313 g/mol. The number of hydrogen-bond donors (Lipinski definition) is 2. The number of hydrogen-bond acceptors (Lipinski definition) is 5. The molecule has 0 aliphatic carbocycles. The number of nitrogens with zero attached hydrogens (tertiary/aromatic N) is 3. The topological polar surface area (TPSA) is 95.1 Å².